The molecule has 0 bridgehead atoms. The highest BCUT2D eigenvalue weighted by molar-refractivity contribution is 5.45. The third-order valence-corrected chi connectivity index (χ3v) is 1.69. The van der Waals surface area contributed by atoms with E-state index in [9.17, 15) is 0 Å². The summed E-state index contributed by atoms with van der Waals surface area (Å²) in [6.07, 6.45) is 0.660. The normalized spacial score (nSPS) is 9.62. The summed E-state index contributed by atoms with van der Waals surface area (Å²) in [5.41, 5.74) is 8.62. The highest BCUT2D eigenvalue weighted by atomic mass is 16.2. The van der Waals surface area contributed by atoms with Crippen molar-refractivity contribution < 1.29 is 5.11 Å². The van der Waals surface area contributed by atoms with Crippen molar-refractivity contribution in [3.8, 4) is 0 Å². The summed E-state index contributed by atoms with van der Waals surface area (Å²) in [5, 5.41) is 14.9. The molecule has 1 rings (SSSR count). The van der Waals surface area contributed by atoms with E-state index in [1.807, 2.05) is 24.3 Å². The van der Waals surface area contributed by atoms with Crippen LogP contribution >= 0.6 is 0 Å². The smallest absolute Gasteiger partial charge is 0.128 e. The van der Waals surface area contributed by atoms with Crippen LogP contribution in [0.1, 0.15) is 5.56 Å². The van der Waals surface area contributed by atoms with Gasteiger partial charge in [-0.15, -0.1) is 0 Å². The van der Waals surface area contributed by atoms with Gasteiger partial charge in [-0.05, 0) is 24.1 Å². The molecule has 0 saturated carbocycles. The van der Waals surface area contributed by atoms with Crippen molar-refractivity contribution in [1.82, 2.24) is 0 Å². The van der Waals surface area contributed by atoms with E-state index in [0.29, 0.717) is 13.1 Å². The van der Waals surface area contributed by atoms with Crippen LogP contribution < -0.4 is 5.32 Å². The minimum absolute atomic E-state index is 0.159. The molecule has 0 saturated heterocycles. The number of aliphatic hydroxyl groups excluding tert-OH is 1. The Morgan fingerprint density at radius 2 is 2.31 bits per heavy atom. The first-order chi connectivity index (χ1) is 6.36. The van der Waals surface area contributed by atoms with Crippen LogP contribution in [0.15, 0.2) is 29.4 Å². The van der Waals surface area contributed by atoms with Crippen molar-refractivity contribution in [3.63, 3.8) is 0 Å². The predicted octanol–water partition coefficient (Wildman–Crippen LogP) is 1.62. The minimum atomic E-state index is 0.159. The van der Waals surface area contributed by atoms with Gasteiger partial charge in [-0.25, -0.2) is 5.53 Å². The van der Waals surface area contributed by atoms with Gasteiger partial charge in [0.25, 0.3) is 0 Å². The van der Waals surface area contributed by atoms with E-state index >= 15 is 0 Å². The molecule has 1 aromatic carbocycles. The van der Waals surface area contributed by atoms with Crippen LogP contribution in [-0.4, -0.2) is 18.4 Å². The fourth-order valence-electron chi connectivity index (χ4n) is 1.10. The molecule has 0 amide bonds. The summed E-state index contributed by atoms with van der Waals surface area (Å²) in [5.74, 6) is 0. The molecule has 0 radical (unpaired) electrons. The van der Waals surface area contributed by atoms with Gasteiger partial charge < -0.3 is 10.4 Å². The van der Waals surface area contributed by atoms with E-state index < -0.39 is 0 Å². The van der Waals surface area contributed by atoms with Crippen LogP contribution in [0.3, 0.4) is 0 Å². The Hall–Kier alpha value is -1.42. The second kappa shape index (κ2) is 5.27. The summed E-state index contributed by atoms with van der Waals surface area (Å²) in [6, 6.07) is 7.73. The molecule has 0 atom stereocenters. The maximum absolute atomic E-state index is 8.72. The Labute approximate surface area is 77.1 Å². The number of benzene rings is 1. The van der Waals surface area contributed by atoms with Gasteiger partial charge in [0.1, 0.15) is 6.67 Å². The second-order valence-electron chi connectivity index (χ2n) is 2.67. The fraction of sp³-hybridized carbons (Fsp3) is 0.333. The van der Waals surface area contributed by atoms with Crippen molar-refractivity contribution in [2.24, 2.45) is 5.11 Å². The zero-order valence-electron chi connectivity index (χ0n) is 7.33. The Morgan fingerprint density at radius 1 is 1.46 bits per heavy atom. The monoisotopic (exact) mass is 179 g/mol. The number of nitrogens with zero attached hydrogens (tertiary/aromatic N) is 1. The van der Waals surface area contributed by atoms with Gasteiger partial charge in [0.05, 0.1) is 0 Å². The largest absolute Gasteiger partial charge is 0.396 e. The Bertz CT molecular complexity index is 275. The summed E-state index contributed by atoms with van der Waals surface area (Å²) in [7, 11) is 0. The molecule has 4 nitrogen and oxygen atoms in total. The summed E-state index contributed by atoms with van der Waals surface area (Å²) in [4.78, 5) is 0. The number of hydrogen-bond acceptors (Lipinski definition) is 4. The van der Waals surface area contributed by atoms with E-state index in [0.717, 1.165) is 11.3 Å². The van der Waals surface area contributed by atoms with E-state index in [4.69, 9.17) is 10.6 Å². The molecule has 0 aliphatic heterocycles. The molecule has 13 heavy (non-hydrogen) atoms. The lowest BCUT2D eigenvalue weighted by Crippen LogP contribution is -1.98. The van der Waals surface area contributed by atoms with Crippen LogP contribution in [0.2, 0.25) is 0 Å². The van der Waals surface area contributed by atoms with Crippen LogP contribution in [0.4, 0.5) is 5.69 Å². The molecule has 0 unspecified atom stereocenters. The highest BCUT2D eigenvalue weighted by Crippen LogP contribution is 2.10. The van der Waals surface area contributed by atoms with E-state index in [1.54, 1.807) is 0 Å². The summed E-state index contributed by atoms with van der Waals surface area (Å²) >= 11 is 0. The molecule has 4 heteroatoms. The third kappa shape index (κ3) is 3.21. The van der Waals surface area contributed by atoms with E-state index in [-0.39, 0.29) is 6.61 Å². The molecule has 1 aromatic rings. The number of anilines is 1. The third-order valence-electron chi connectivity index (χ3n) is 1.69. The second-order valence-corrected chi connectivity index (χ2v) is 2.67. The van der Waals surface area contributed by atoms with E-state index in [1.165, 1.54) is 0 Å². The zero-order chi connectivity index (χ0) is 9.52. The topological polar surface area (TPSA) is 68.5 Å². The number of hydrogen-bond donors (Lipinski definition) is 3. The predicted molar refractivity (Wildman–Crippen MR) is 50.9 cm³/mol. The van der Waals surface area contributed by atoms with Gasteiger partial charge in [0.2, 0.25) is 0 Å². The minimum Gasteiger partial charge on any atom is -0.396 e. The van der Waals surface area contributed by atoms with E-state index in [2.05, 4.69) is 10.4 Å². The average Bonchev–Trinajstić information content (AvgIpc) is 2.16. The van der Waals surface area contributed by atoms with Crippen molar-refractivity contribution >= 4 is 5.69 Å². The maximum atomic E-state index is 8.72. The SMILES string of the molecule is N=NCNc1cccc(CCO)c1. The molecule has 70 valence electrons. The van der Waals surface area contributed by atoms with Crippen LogP contribution in [0.25, 0.3) is 0 Å². The van der Waals surface area contributed by atoms with Gasteiger partial charge in [0.15, 0.2) is 0 Å². The van der Waals surface area contributed by atoms with Crippen molar-refractivity contribution in [2.75, 3.05) is 18.6 Å². The quantitative estimate of drug-likeness (QED) is 0.601. The Morgan fingerprint density at radius 3 is 3.00 bits per heavy atom. The first kappa shape index (κ1) is 9.67. The van der Waals surface area contributed by atoms with Crippen LogP contribution in [-0.2, 0) is 6.42 Å². The van der Waals surface area contributed by atoms with Crippen molar-refractivity contribution in [3.05, 3.63) is 29.8 Å². The van der Waals surface area contributed by atoms with Gasteiger partial charge >= 0.3 is 0 Å². The molecular formula is C9H13N3O. The standard InChI is InChI=1S/C9H13N3O/c10-12-7-11-9-3-1-2-8(6-9)4-5-13/h1-3,6,10-11,13H,4-5,7H2. The van der Waals surface area contributed by atoms with Crippen LogP contribution in [0.5, 0.6) is 0 Å². The molecule has 0 aliphatic rings. The Kier molecular flexibility index (Phi) is 3.92. The van der Waals surface area contributed by atoms with Gasteiger partial charge in [0, 0.05) is 12.3 Å². The maximum Gasteiger partial charge on any atom is 0.128 e. The van der Waals surface area contributed by atoms with Crippen LogP contribution in [0, 0.1) is 5.53 Å². The fourth-order valence-corrected chi connectivity index (χ4v) is 1.10. The summed E-state index contributed by atoms with van der Waals surface area (Å²) in [6.45, 7) is 0.453. The molecule has 3 N–H and O–H groups in total. The van der Waals surface area contributed by atoms with Gasteiger partial charge in [-0.2, -0.15) is 5.11 Å². The zero-order valence-corrected chi connectivity index (χ0v) is 7.33. The summed E-state index contributed by atoms with van der Waals surface area (Å²) < 4.78 is 0. The number of nitrogens with one attached hydrogen (secondary N) is 2. The molecule has 0 spiro atoms. The Balaban J connectivity index is 2.61. The molecule has 0 aliphatic carbocycles. The van der Waals surface area contributed by atoms with Gasteiger partial charge in [-0.3, -0.25) is 0 Å². The lowest BCUT2D eigenvalue weighted by atomic mass is 10.1. The molecule has 0 fully saturated rings. The number of aliphatic hydroxyl groups is 1. The first-order valence-corrected chi connectivity index (χ1v) is 4.13. The lowest BCUT2D eigenvalue weighted by molar-refractivity contribution is 0.299. The molecule has 0 aromatic heterocycles. The molecular weight excluding hydrogens is 166 g/mol. The van der Waals surface area contributed by atoms with Crippen molar-refractivity contribution in [2.45, 2.75) is 6.42 Å². The highest BCUT2D eigenvalue weighted by Gasteiger charge is 1.93. The average molecular weight is 179 g/mol. The lowest BCUT2D eigenvalue weighted by Gasteiger charge is -2.04. The first-order valence-electron chi connectivity index (χ1n) is 4.13. The number of rotatable bonds is 5. The van der Waals surface area contributed by atoms with Gasteiger partial charge in [-0.1, -0.05) is 12.1 Å². The molecule has 0 heterocycles. The van der Waals surface area contributed by atoms with Crippen molar-refractivity contribution in [1.29, 1.82) is 5.53 Å².